The van der Waals surface area contributed by atoms with E-state index >= 15 is 0 Å². The Morgan fingerprint density at radius 2 is 1.78 bits per heavy atom. The molecule has 0 aliphatic heterocycles. The van der Waals surface area contributed by atoms with E-state index in [1.165, 1.54) is 0 Å². The normalized spacial score (nSPS) is 12.8. The average Bonchev–Trinajstić information content (AvgIpc) is 2.34. The summed E-state index contributed by atoms with van der Waals surface area (Å²) < 4.78 is 5.35. The minimum Gasteiger partial charge on any atom is -0.460 e. The van der Waals surface area contributed by atoms with Gasteiger partial charge in [0.15, 0.2) is 0 Å². The van der Waals surface area contributed by atoms with Crippen molar-refractivity contribution < 1.29 is 9.53 Å². The number of esters is 1. The molecule has 1 N–H and O–H groups in total. The van der Waals surface area contributed by atoms with E-state index in [2.05, 4.69) is 5.32 Å². The molecule has 1 aromatic carbocycles. The molecule has 0 bridgehead atoms. The van der Waals surface area contributed by atoms with Crippen LogP contribution in [0.4, 0.5) is 0 Å². The second kappa shape index (κ2) is 7.17. The maximum absolute atomic E-state index is 12.0. The lowest BCUT2D eigenvalue weighted by Crippen LogP contribution is -2.45. The van der Waals surface area contributed by atoms with Crippen LogP contribution >= 0.6 is 0 Å². The van der Waals surface area contributed by atoms with Crippen molar-refractivity contribution in [3.63, 3.8) is 0 Å². The van der Waals surface area contributed by atoms with Crippen LogP contribution < -0.4 is 5.32 Å². The molecule has 0 spiro atoms. The highest BCUT2D eigenvalue weighted by Gasteiger charge is 2.23. The molecule has 3 heteroatoms. The molecule has 1 rings (SSSR count). The zero-order chi connectivity index (χ0) is 13.5. The summed E-state index contributed by atoms with van der Waals surface area (Å²) >= 11 is 0. The lowest BCUT2D eigenvalue weighted by molar-refractivity contribution is -0.149. The Balaban J connectivity index is 2.52. The van der Waals surface area contributed by atoms with Gasteiger partial charge in [0.1, 0.15) is 12.6 Å². The largest absolute Gasteiger partial charge is 0.460 e. The van der Waals surface area contributed by atoms with Gasteiger partial charge in [-0.25, -0.2) is 0 Å². The van der Waals surface area contributed by atoms with Crippen molar-refractivity contribution in [1.82, 2.24) is 5.32 Å². The molecule has 1 aromatic rings. The Morgan fingerprint density at radius 1 is 1.17 bits per heavy atom. The first-order valence-electron chi connectivity index (χ1n) is 6.47. The first-order chi connectivity index (χ1) is 8.50. The summed E-state index contributed by atoms with van der Waals surface area (Å²) in [7, 11) is 0. The summed E-state index contributed by atoms with van der Waals surface area (Å²) in [4.78, 5) is 12.0. The average molecular weight is 249 g/mol. The highest BCUT2D eigenvalue weighted by molar-refractivity contribution is 5.76. The zero-order valence-electron chi connectivity index (χ0n) is 11.6. The predicted octanol–water partition coefficient (Wildman–Crippen LogP) is 2.75. The van der Waals surface area contributed by atoms with Crippen molar-refractivity contribution in [2.24, 2.45) is 5.92 Å². The third-order valence-electron chi connectivity index (χ3n) is 2.66. The van der Waals surface area contributed by atoms with E-state index in [0.29, 0.717) is 6.61 Å². The van der Waals surface area contributed by atoms with E-state index in [0.717, 1.165) is 5.56 Å². The fraction of sp³-hybridized carbons (Fsp3) is 0.533. The van der Waals surface area contributed by atoms with Crippen LogP contribution in [0.25, 0.3) is 0 Å². The lowest BCUT2D eigenvalue weighted by atomic mass is 10.0. The quantitative estimate of drug-likeness (QED) is 0.788. The number of carbonyl (C=O) groups excluding carboxylic acids is 1. The molecule has 0 radical (unpaired) electrons. The molecule has 0 fully saturated rings. The van der Waals surface area contributed by atoms with E-state index in [1.54, 1.807) is 0 Å². The van der Waals surface area contributed by atoms with Crippen LogP contribution in [0.3, 0.4) is 0 Å². The van der Waals surface area contributed by atoms with E-state index < -0.39 is 0 Å². The standard InChI is InChI=1S/C15H23NO2/c1-11(2)14(16-12(3)4)15(17)18-10-13-8-6-5-7-9-13/h5-9,11-12,14,16H,10H2,1-4H3. The van der Waals surface area contributed by atoms with E-state index in [9.17, 15) is 4.79 Å². The van der Waals surface area contributed by atoms with Crippen LogP contribution in [0.15, 0.2) is 30.3 Å². The zero-order valence-corrected chi connectivity index (χ0v) is 11.6. The van der Waals surface area contributed by atoms with Gasteiger partial charge in [-0.2, -0.15) is 0 Å². The highest BCUT2D eigenvalue weighted by atomic mass is 16.5. The summed E-state index contributed by atoms with van der Waals surface area (Å²) in [6, 6.07) is 9.75. The monoisotopic (exact) mass is 249 g/mol. The van der Waals surface area contributed by atoms with Gasteiger partial charge in [0.25, 0.3) is 0 Å². The Labute approximate surface area is 110 Å². The van der Waals surface area contributed by atoms with Gasteiger partial charge in [-0.1, -0.05) is 58.0 Å². The third-order valence-corrected chi connectivity index (χ3v) is 2.66. The number of hydrogen-bond acceptors (Lipinski definition) is 3. The van der Waals surface area contributed by atoms with Crippen LogP contribution in [0.5, 0.6) is 0 Å². The molecular formula is C15H23NO2. The number of hydrogen-bond donors (Lipinski definition) is 1. The van der Waals surface area contributed by atoms with Crippen molar-refractivity contribution in [1.29, 1.82) is 0 Å². The van der Waals surface area contributed by atoms with Crippen LogP contribution in [0.1, 0.15) is 33.3 Å². The Hall–Kier alpha value is -1.35. The van der Waals surface area contributed by atoms with Gasteiger partial charge < -0.3 is 10.1 Å². The molecule has 3 nitrogen and oxygen atoms in total. The second-order valence-corrected chi connectivity index (χ2v) is 5.14. The molecule has 0 amide bonds. The van der Waals surface area contributed by atoms with Crippen LogP contribution in [0, 0.1) is 5.92 Å². The summed E-state index contributed by atoms with van der Waals surface area (Å²) in [6.45, 7) is 8.43. The number of nitrogens with one attached hydrogen (secondary N) is 1. The van der Waals surface area contributed by atoms with Gasteiger partial charge in [0.05, 0.1) is 0 Å². The van der Waals surface area contributed by atoms with Gasteiger partial charge in [0.2, 0.25) is 0 Å². The maximum atomic E-state index is 12.0. The topological polar surface area (TPSA) is 38.3 Å². The Bertz CT molecular complexity index is 360. The van der Waals surface area contributed by atoms with Gasteiger partial charge in [-0.05, 0) is 11.5 Å². The molecule has 0 saturated carbocycles. The van der Waals surface area contributed by atoms with Crippen molar-refractivity contribution in [3.05, 3.63) is 35.9 Å². The van der Waals surface area contributed by atoms with Crippen molar-refractivity contribution >= 4 is 5.97 Å². The number of benzene rings is 1. The smallest absolute Gasteiger partial charge is 0.323 e. The van der Waals surface area contributed by atoms with Crippen LogP contribution in [-0.2, 0) is 16.1 Å². The highest BCUT2D eigenvalue weighted by Crippen LogP contribution is 2.08. The van der Waals surface area contributed by atoms with Gasteiger partial charge in [-0.15, -0.1) is 0 Å². The molecule has 1 unspecified atom stereocenters. The molecular weight excluding hydrogens is 226 g/mol. The van der Waals surface area contributed by atoms with Gasteiger partial charge in [-0.3, -0.25) is 4.79 Å². The fourth-order valence-electron chi connectivity index (χ4n) is 1.71. The Kier molecular flexibility index (Phi) is 5.86. The fourth-order valence-corrected chi connectivity index (χ4v) is 1.71. The van der Waals surface area contributed by atoms with E-state index in [4.69, 9.17) is 4.74 Å². The SMILES string of the molecule is CC(C)NC(C(=O)OCc1ccccc1)C(C)C. The van der Waals surface area contributed by atoms with Gasteiger partial charge >= 0.3 is 5.97 Å². The molecule has 0 heterocycles. The summed E-state index contributed by atoms with van der Waals surface area (Å²) in [5, 5.41) is 3.24. The van der Waals surface area contributed by atoms with Crippen molar-refractivity contribution in [2.45, 2.75) is 46.4 Å². The molecule has 18 heavy (non-hydrogen) atoms. The molecule has 0 aromatic heterocycles. The number of carbonyl (C=O) groups is 1. The third kappa shape index (κ3) is 4.88. The van der Waals surface area contributed by atoms with Crippen LogP contribution in [-0.4, -0.2) is 18.1 Å². The first kappa shape index (κ1) is 14.7. The van der Waals surface area contributed by atoms with Gasteiger partial charge in [0, 0.05) is 6.04 Å². The number of rotatable bonds is 6. The lowest BCUT2D eigenvalue weighted by Gasteiger charge is -2.23. The molecule has 100 valence electrons. The van der Waals surface area contributed by atoms with Crippen molar-refractivity contribution in [3.8, 4) is 0 Å². The number of ether oxygens (including phenoxy) is 1. The molecule has 0 aliphatic carbocycles. The van der Waals surface area contributed by atoms with Crippen LogP contribution in [0.2, 0.25) is 0 Å². The summed E-state index contributed by atoms with van der Waals surface area (Å²) in [6.07, 6.45) is 0. The minimum atomic E-state index is -0.242. The van der Waals surface area contributed by atoms with E-state index in [-0.39, 0.29) is 24.0 Å². The summed E-state index contributed by atoms with van der Waals surface area (Å²) in [5.41, 5.74) is 1.01. The molecule has 0 saturated heterocycles. The first-order valence-corrected chi connectivity index (χ1v) is 6.47. The maximum Gasteiger partial charge on any atom is 0.323 e. The Morgan fingerprint density at radius 3 is 2.28 bits per heavy atom. The molecule has 0 aliphatic rings. The van der Waals surface area contributed by atoms with Crippen molar-refractivity contribution in [2.75, 3.05) is 0 Å². The van der Waals surface area contributed by atoms with E-state index in [1.807, 2.05) is 58.0 Å². The second-order valence-electron chi connectivity index (χ2n) is 5.14. The molecule has 1 atom stereocenters. The predicted molar refractivity (Wildman–Crippen MR) is 73.1 cm³/mol. The minimum absolute atomic E-state index is 0.178. The summed E-state index contributed by atoms with van der Waals surface area (Å²) in [5.74, 6) is 0.0400.